The Labute approximate surface area is 143 Å². The largest absolute Gasteiger partial charge is 0.466 e. The quantitative estimate of drug-likeness (QED) is 0.506. The lowest BCUT2D eigenvalue weighted by molar-refractivity contribution is -0.143. The number of ether oxygens (including phenoxy) is 1. The molecular formula is C18H26N2O4. The SMILES string of the molecule is CCCCOC(=O)CCNC(=O)CCNC(=O)c1ccccc1C. The second-order valence-corrected chi connectivity index (χ2v) is 5.49. The van der Waals surface area contributed by atoms with E-state index in [1.165, 1.54) is 0 Å². The van der Waals surface area contributed by atoms with E-state index in [-0.39, 0.29) is 43.7 Å². The molecule has 0 saturated carbocycles. The van der Waals surface area contributed by atoms with Gasteiger partial charge in [-0.15, -0.1) is 0 Å². The normalized spacial score (nSPS) is 10.1. The van der Waals surface area contributed by atoms with Gasteiger partial charge in [-0.05, 0) is 25.0 Å². The fraction of sp³-hybridized carbons (Fsp3) is 0.500. The van der Waals surface area contributed by atoms with Crippen molar-refractivity contribution in [3.63, 3.8) is 0 Å². The molecule has 0 aromatic heterocycles. The zero-order chi connectivity index (χ0) is 17.8. The molecule has 1 rings (SSSR count). The van der Waals surface area contributed by atoms with Crippen LogP contribution in [0.4, 0.5) is 0 Å². The molecule has 2 amide bonds. The third kappa shape index (κ3) is 7.76. The van der Waals surface area contributed by atoms with Crippen molar-refractivity contribution in [3.8, 4) is 0 Å². The van der Waals surface area contributed by atoms with Crippen molar-refractivity contribution >= 4 is 17.8 Å². The number of esters is 1. The van der Waals surface area contributed by atoms with E-state index in [1.54, 1.807) is 12.1 Å². The average Bonchev–Trinajstić information content (AvgIpc) is 2.55. The number of unbranched alkanes of at least 4 members (excludes halogenated alkanes) is 1. The van der Waals surface area contributed by atoms with Crippen molar-refractivity contribution in [2.45, 2.75) is 39.5 Å². The first kappa shape index (κ1) is 19.7. The van der Waals surface area contributed by atoms with Crippen molar-refractivity contribution in [1.82, 2.24) is 10.6 Å². The summed E-state index contributed by atoms with van der Waals surface area (Å²) in [5.41, 5.74) is 1.49. The second kappa shape index (κ2) is 11.2. The highest BCUT2D eigenvalue weighted by Crippen LogP contribution is 2.06. The van der Waals surface area contributed by atoms with Crippen LogP contribution in [0.25, 0.3) is 0 Å². The molecular weight excluding hydrogens is 308 g/mol. The van der Waals surface area contributed by atoms with Crippen LogP contribution in [0.3, 0.4) is 0 Å². The van der Waals surface area contributed by atoms with E-state index in [2.05, 4.69) is 10.6 Å². The molecule has 0 atom stereocenters. The maximum Gasteiger partial charge on any atom is 0.307 e. The number of carbonyl (C=O) groups excluding carboxylic acids is 3. The molecule has 6 nitrogen and oxygen atoms in total. The number of hydrogen-bond donors (Lipinski definition) is 2. The summed E-state index contributed by atoms with van der Waals surface area (Å²) in [6.07, 6.45) is 2.14. The number of amides is 2. The lowest BCUT2D eigenvalue weighted by Gasteiger charge is -2.08. The molecule has 0 radical (unpaired) electrons. The summed E-state index contributed by atoms with van der Waals surface area (Å²) in [6, 6.07) is 7.27. The first-order chi connectivity index (χ1) is 11.5. The zero-order valence-electron chi connectivity index (χ0n) is 14.4. The van der Waals surface area contributed by atoms with E-state index in [9.17, 15) is 14.4 Å². The number of benzene rings is 1. The number of carbonyl (C=O) groups is 3. The van der Waals surface area contributed by atoms with E-state index >= 15 is 0 Å². The molecule has 0 aliphatic carbocycles. The van der Waals surface area contributed by atoms with Crippen LogP contribution in [0.1, 0.15) is 48.5 Å². The molecule has 2 N–H and O–H groups in total. The number of nitrogens with one attached hydrogen (secondary N) is 2. The molecule has 6 heteroatoms. The third-order valence-electron chi connectivity index (χ3n) is 3.44. The summed E-state index contributed by atoms with van der Waals surface area (Å²) in [4.78, 5) is 35.0. The van der Waals surface area contributed by atoms with Gasteiger partial charge in [-0.2, -0.15) is 0 Å². The van der Waals surface area contributed by atoms with Crippen molar-refractivity contribution in [3.05, 3.63) is 35.4 Å². The predicted octanol–water partition coefficient (Wildman–Crippen LogP) is 1.96. The number of hydrogen-bond acceptors (Lipinski definition) is 4. The van der Waals surface area contributed by atoms with E-state index < -0.39 is 0 Å². The highest BCUT2D eigenvalue weighted by molar-refractivity contribution is 5.95. The van der Waals surface area contributed by atoms with Crippen LogP contribution in [0.15, 0.2) is 24.3 Å². The Hall–Kier alpha value is -2.37. The van der Waals surface area contributed by atoms with Crippen molar-refractivity contribution in [2.75, 3.05) is 19.7 Å². The molecule has 0 fully saturated rings. The summed E-state index contributed by atoms with van der Waals surface area (Å²) in [5, 5.41) is 5.35. The Morgan fingerprint density at radius 1 is 1.04 bits per heavy atom. The highest BCUT2D eigenvalue weighted by Gasteiger charge is 2.09. The van der Waals surface area contributed by atoms with Gasteiger partial charge >= 0.3 is 5.97 Å². The van der Waals surface area contributed by atoms with Crippen LogP contribution in [0.5, 0.6) is 0 Å². The summed E-state index contributed by atoms with van der Waals surface area (Å²) in [6.45, 7) is 4.80. The van der Waals surface area contributed by atoms with Crippen LogP contribution in [-0.2, 0) is 14.3 Å². The highest BCUT2D eigenvalue weighted by atomic mass is 16.5. The van der Waals surface area contributed by atoms with Crippen LogP contribution in [0, 0.1) is 6.92 Å². The molecule has 0 bridgehead atoms. The summed E-state index contributed by atoms with van der Waals surface area (Å²) < 4.78 is 4.99. The van der Waals surface area contributed by atoms with Crippen molar-refractivity contribution in [2.24, 2.45) is 0 Å². The standard InChI is InChI=1S/C18H26N2O4/c1-3-4-13-24-17(22)10-12-19-16(21)9-11-20-18(23)15-8-6-5-7-14(15)2/h5-8H,3-4,9-13H2,1-2H3,(H,19,21)(H,20,23). The van der Waals surface area contributed by atoms with E-state index in [0.717, 1.165) is 18.4 Å². The van der Waals surface area contributed by atoms with Gasteiger partial charge in [-0.25, -0.2) is 0 Å². The molecule has 1 aromatic carbocycles. The smallest absolute Gasteiger partial charge is 0.307 e. The molecule has 132 valence electrons. The number of rotatable bonds is 10. The Balaban J connectivity index is 2.15. The molecule has 0 saturated heterocycles. The van der Waals surface area contributed by atoms with Crippen LogP contribution in [-0.4, -0.2) is 37.5 Å². The Morgan fingerprint density at radius 3 is 2.46 bits per heavy atom. The minimum atomic E-state index is -0.309. The Kier molecular flexibility index (Phi) is 9.19. The van der Waals surface area contributed by atoms with E-state index in [0.29, 0.717) is 12.2 Å². The van der Waals surface area contributed by atoms with Crippen LogP contribution < -0.4 is 10.6 Å². The number of aryl methyl sites for hydroxylation is 1. The minimum Gasteiger partial charge on any atom is -0.466 e. The van der Waals surface area contributed by atoms with Gasteiger partial charge in [0.25, 0.3) is 5.91 Å². The van der Waals surface area contributed by atoms with Gasteiger partial charge in [0.15, 0.2) is 0 Å². The molecule has 0 unspecified atom stereocenters. The molecule has 24 heavy (non-hydrogen) atoms. The molecule has 0 heterocycles. The van der Waals surface area contributed by atoms with Crippen LogP contribution in [0.2, 0.25) is 0 Å². The predicted molar refractivity (Wildman–Crippen MR) is 91.6 cm³/mol. The Bertz CT molecular complexity index is 558. The first-order valence-corrected chi connectivity index (χ1v) is 8.30. The topological polar surface area (TPSA) is 84.5 Å². The first-order valence-electron chi connectivity index (χ1n) is 8.30. The van der Waals surface area contributed by atoms with E-state index in [4.69, 9.17) is 4.74 Å². The summed E-state index contributed by atoms with van der Waals surface area (Å²) in [5.74, 6) is -0.710. The van der Waals surface area contributed by atoms with E-state index in [1.807, 2.05) is 26.0 Å². The molecule has 0 aliphatic rings. The minimum absolute atomic E-state index is 0.158. The summed E-state index contributed by atoms with van der Waals surface area (Å²) in [7, 11) is 0. The van der Waals surface area contributed by atoms with Crippen LogP contribution >= 0.6 is 0 Å². The van der Waals surface area contributed by atoms with Gasteiger partial charge in [-0.3, -0.25) is 14.4 Å². The van der Waals surface area contributed by atoms with Gasteiger partial charge in [0, 0.05) is 25.1 Å². The van der Waals surface area contributed by atoms with Gasteiger partial charge < -0.3 is 15.4 Å². The van der Waals surface area contributed by atoms with Gasteiger partial charge in [0.05, 0.1) is 13.0 Å². The lowest BCUT2D eigenvalue weighted by atomic mass is 10.1. The monoisotopic (exact) mass is 334 g/mol. The second-order valence-electron chi connectivity index (χ2n) is 5.49. The summed E-state index contributed by atoms with van der Waals surface area (Å²) >= 11 is 0. The van der Waals surface area contributed by atoms with Crippen molar-refractivity contribution < 1.29 is 19.1 Å². The zero-order valence-corrected chi connectivity index (χ0v) is 14.4. The van der Waals surface area contributed by atoms with Crippen molar-refractivity contribution in [1.29, 1.82) is 0 Å². The Morgan fingerprint density at radius 2 is 1.75 bits per heavy atom. The molecule has 0 aliphatic heterocycles. The van der Waals surface area contributed by atoms with Gasteiger partial charge in [-0.1, -0.05) is 31.5 Å². The maximum absolute atomic E-state index is 12.0. The van der Waals surface area contributed by atoms with Gasteiger partial charge in [0.2, 0.25) is 5.91 Å². The molecule has 1 aromatic rings. The maximum atomic E-state index is 12.0. The van der Waals surface area contributed by atoms with Gasteiger partial charge in [0.1, 0.15) is 0 Å². The fourth-order valence-corrected chi connectivity index (χ4v) is 2.01. The lowest BCUT2D eigenvalue weighted by Crippen LogP contribution is -2.32. The third-order valence-corrected chi connectivity index (χ3v) is 3.44. The molecule has 0 spiro atoms. The average molecular weight is 334 g/mol. The fourth-order valence-electron chi connectivity index (χ4n) is 2.01.